The number of nitrogens with zero attached hydrogens (tertiary/aromatic N) is 2. The van der Waals surface area contributed by atoms with Crippen molar-refractivity contribution in [3.8, 4) is 6.07 Å². The van der Waals surface area contributed by atoms with Crippen LogP contribution in [-0.4, -0.2) is 15.8 Å². The number of nitrogens with one attached hydrogen (secondary N) is 1. The third kappa shape index (κ3) is 3.08. The Balaban J connectivity index is 2.06. The SMILES string of the molecule is N#Cc1ccc(Cc2ncc(CCCl)[nH]2)cc1. The number of benzene rings is 1. The summed E-state index contributed by atoms with van der Waals surface area (Å²) in [5.74, 6) is 1.52. The first kappa shape index (κ1) is 11.7. The molecular weight excluding hydrogens is 234 g/mol. The third-order valence-electron chi connectivity index (χ3n) is 2.50. The molecule has 0 amide bonds. The molecule has 0 spiro atoms. The summed E-state index contributed by atoms with van der Waals surface area (Å²) in [5, 5.41) is 8.70. The molecule has 0 unspecified atom stereocenters. The Bertz CT molecular complexity index is 522. The second kappa shape index (κ2) is 5.51. The summed E-state index contributed by atoms with van der Waals surface area (Å²) >= 11 is 5.66. The van der Waals surface area contributed by atoms with E-state index in [4.69, 9.17) is 16.9 Å². The molecule has 0 aliphatic heterocycles. The fraction of sp³-hybridized carbons (Fsp3) is 0.231. The van der Waals surface area contributed by atoms with Crippen LogP contribution in [0.3, 0.4) is 0 Å². The average molecular weight is 246 g/mol. The molecule has 1 heterocycles. The lowest BCUT2D eigenvalue weighted by Gasteiger charge is -1.98. The first-order chi connectivity index (χ1) is 8.31. The minimum Gasteiger partial charge on any atom is -0.346 e. The molecule has 4 heteroatoms. The van der Waals surface area contributed by atoms with Crippen LogP contribution in [0.5, 0.6) is 0 Å². The number of alkyl halides is 1. The third-order valence-corrected chi connectivity index (χ3v) is 2.69. The molecule has 1 aromatic carbocycles. The Morgan fingerprint density at radius 3 is 2.71 bits per heavy atom. The molecule has 0 bridgehead atoms. The number of nitriles is 1. The number of hydrogen-bond donors (Lipinski definition) is 1. The Labute approximate surface area is 105 Å². The van der Waals surface area contributed by atoms with E-state index in [0.29, 0.717) is 11.4 Å². The van der Waals surface area contributed by atoms with Gasteiger partial charge in [-0.25, -0.2) is 4.98 Å². The molecule has 0 aliphatic rings. The zero-order chi connectivity index (χ0) is 12.1. The van der Waals surface area contributed by atoms with Gasteiger partial charge in [0.2, 0.25) is 0 Å². The van der Waals surface area contributed by atoms with Crippen molar-refractivity contribution in [3.63, 3.8) is 0 Å². The van der Waals surface area contributed by atoms with E-state index in [0.717, 1.165) is 29.9 Å². The van der Waals surface area contributed by atoms with Gasteiger partial charge < -0.3 is 4.98 Å². The van der Waals surface area contributed by atoms with Gasteiger partial charge in [-0.1, -0.05) is 12.1 Å². The summed E-state index contributed by atoms with van der Waals surface area (Å²) in [4.78, 5) is 7.52. The molecule has 2 rings (SSSR count). The van der Waals surface area contributed by atoms with E-state index in [1.54, 1.807) is 0 Å². The van der Waals surface area contributed by atoms with E-state index < -0.39 is 0 Å². The van der Waals surface area contributed by atoms with E-state index in [1.807, 2.05) is 30.5 Å². The van der Waals surface area contributed by atoms with Crippen molar-refractivity contribution in [3.05, 3.63) is 53.1 Å². The van der Waals surface area contributed by atoms with Gasteiger partial charge in [0.25, 0.3) is 0 Å². The number of rotatable bonds is 4. The molecule has 0 atom stereocenters. The molecule has 2 aromatic rings. The zero-order valence-electron chi connectivity index (χ0n) is 9.28. The number of hydrogen-bond acceptors (Lipinski definition) is 2. The number of imidazole rings is 1. The molecule has 0 aliphatic carbocycles. The van der Waals surface area contributed by atoms with Crippen LogP contribution in [0, 0.1) is 11.3 Å². The number of H-pyrrole nitrogens is 1. The van der Waals surface area contributed by atoms with Crippen molar-refractivity contribution in [2.45, 2.75) is 12.8 Å². The minimum atomic E-state index is 0.596. The van der Waals surface area contributed by atoms with E-state index in [-0.39, 0.29) is 0 Å². The van der Waals surface area contributed by atoms with Crippen LogP contribution in [0.2, 0.25) is 0 Å². The van der Waals surface area contributed by atoms with Crippen LogP contribution in [0.25, 0.3) is 0 Å². The fourth-order valence-electron chi connectivity index (χ4n) is 1.61. The van der Waals surface area contributed by atoms with Crippen molar-refractivity contribution in [1.82, 2.24) is 9.97 Å². The van der Waals surface area contributed by atoms with Crippen molar-refractivity contribution >= 4 is 11.6 Å². The van der Waals surface area contributed by atoms with E-state index >= 15 is 0 Å². The lowest BCUT2D eigenvalue weighted by atomic mass is 10.1. The second-order valence-corrected chi connectivity index (χ2v) is 4.16. The monoisotopic (exact) mass is 245 g/mol. The maximum absolute atomic E-state index is 8.70. The molecule has 0 saturated heterocycles. The van der Waals surface area contributed by atoms with Crippen LogP contribution in [0.15, 0.2) is 30.5 Å². The standard InChI is InChI=1S/C13H12ClN3/c14-6-5-12-9-16-13(17-12)7-10-1-3-11(8-15)4-2-10/h1-4,9H,5-7H2,(H,16,17). The lowest BCUT2D eigenvalue weighted by molar-refractivity contribution is 0.990. The number of aromatic nitrogens is 2. The Morgan fingerprint density at radius 1 is 1.29 bits per heavy atom. The predicted octanol–water partition coefficient (Wildman–Crippen LogP) is 2.65. The molecule has 0 fully saturated rings. The van der Waals surface area contributed by atoms with E-state index in [2.05, 4.69) is 16.0 Å². The van der Waals surface area contributed by atoms with Crippen LogP contribution < -0.4 is 0 Å². The summed E-state index contributed by atoms with van der Waals surface area (Å²) in [5.41, 5.74) is 2.87. The normalized spacial score (nSPS) is 10.1. The van der Waals surface area contributed by atoms with Crippen molar-refractivity contribution < 1.29 is 0 Å². The summed E-state index contributed by atoms with van der Waals surface area (Å²) < 4.78 is 0. The van der Waals surface area contributed by atoms with Crippen LogP contribution in [-0.2, 0) is 12.8 Å². The van der Waals surface area contributed by atoms with Gasteiger partial charge in [0.15, 0.2) is 0 Å². The molecule has 1 aromatic heterocycles. The van der Waals surface area contributed by atoms with Gasteiger partial charge in [-0.15, -0.1) is 11.6 Å². The van der Waals surface area contributed by atoms with Crippen LogP contribution in [0.1, 0.15) is 22.6 Å². The van der Waals surface area contributed by atoms with E-state index in [1.165, 1.54) is 0 Å². The van der Waals surface area contributed by atoms with Gasteiger partial charge in [-0.2, -0.15) is 5.26 Å². The van der Waals surface area contributed by atoms with E-state index in [9.17, 15) is 0 Å². The highest BCUT2D eigenvalue weighted by Crippen LogP contribution is 2.09. The van der Waals surface area contributed by atoms with Crippen molar-refractivity contribution in [2.24, 2.45) is 0 Å². The highest BCUT2D eigenvalue weighted by molar-refractivity contribution is 6.17. The molecule has 0 saturated carbocycles. The number of aryl methyl sites for hydroxylation is 1. The largest absolute Gasteiger partial charge is 0.346 e. The number of aromatic amines is 1. The molecular formula is C13H12ClN3. The smallest absolute Gasteiger partial charge is 0.110 e. The molecule has 3 nitrogen and oxygen atoms in total. The highest BCUT2D eigenvalue weighted by atomic mass is 35.5. The Hall–Kier alpha value is -1.79. The lowest BCUT2D eigenvalue weighted by Crippen LogP contribution is -1.92. The predicted molar refractivity (Wildman–Crippen MR) is 67.0 cm³/mol. The Morgan fingerprint density at radius 2 is 2.06 bits per heavy atom. The maximum atomic E-state index is 8.70. The average Bonchev–Trinajstić information content (AvgIpc) is 2.78. The summed E-state index contributed by atoms with van der Waals surface area (Å²) in [6.07, 6.45) is 3.37. The van der Waals surface area contributed by atoms with Gasteiger partial charge in [0.05, 0.1) is 11.6 Å². The summed E-state index contributed by atoms with van der Waals surface area (Å²) in [6.45, 7) is 0. The minimum absolute atomic E-state index is 0.596. The van der Waals surface area contributed by atoms with Gasteiger partial charge in [-0.05, 0) is 17.7 Å². The Kier molecular flexibility index (Phi) is 3.79. The fourth-order valence-corrected chi connectivity index (χ4v) is 1.82. The second-order valence-electron chi connectivity index (χ2n) is 3.78. The van der Waals surface area contributed by atoms with Gasteiger partial charge >= 0.3 is 0 Å². The van der Waals surface area contributed by atoms with Crippen LogP contribution >= 0.6 is 11.6 Å². The topological polar surface area (TPSA) is 52.5 Å². The van der Waals surface area contributed by atoms with Crippen molar-refractivity contribution in [2.75, 3.05) is 5.88 Å². The van der Waals surface area contributed by atoms with Gasteiger partial charge in [-0.3, -0.25) is 0 Å². The first-order valence-electron chi connectivity index (χ1n) is 5.39. The highest BCUT2D eigenvalue weighted by Gasteiger charge is 2.02. The van der Waals surface area contributed by atoms with Gasteiger partial charge in [0, 0.05) is 30.6 Å². The van der Waals surface area contributed by atoms with Gasteiger partial charge in [0.1, 0.15) is 5.82 Å². The number of halogens is 1. The molecule has 86 valence electrons. The molecule has 1 N–H and O–H groups in total. The van der Waals surface area contributed by atoms with Crippen LogP contribution in [0.4, 0.5) is 0 Å². The quantitative estimate of drug-likeness (QED) is 0.842. The summed E-state index contributed by atoms with van der Waals surface area (Å²) in [7, 11) is 0. The first-order valence-corrected chi connectivity index (χ1v) is 5.93. The molecule has 0 radical (unpaired) electrons. The zero-order valence-corrected chi connectivity index (χ0v) is 10.0. The summed E-state index contributed by atoms with van der Waals surface area (Å²) in [6, 6.07) is 9.63. The van der Waals surface area contributed by atoms with Crippen molar-refractivity contribution in [1.29, 1.82) is 5.26 Å². The maximum Gasteiger partial charge on any atom is 0.110 e. The molecule has 17 heavy (non-hydrogen) atoms.